The number of halogens is 1. The van der Waals surface area contributed by atoms with Crippen molar-refractivity contribution in [3.63, 3.8) is 0 Å². The number of aryl methyl sites for hydroxylation is 1. The van der Waals surface area contributed by atoms with Gasteiger partial charge in [0, 0.05) is 44.0 Å². The maximum absolute atomic E-state index is 13.9. The van der Waals surface area contributed by atoms with Crippen LogP contribution in [-0.2, 0) is 19.5 Å². The molecule has 2 aromatic rings. The zero-order valence-electron chi connectivity index (χ0n) is 12.7. The van der Waals surface area contributed by atoms with E-state index >= 15 is 0 Å². The van der Waals surface area contributed by atoms with E-state index in [1.165, 1.54) is 12.1 Å². The largest absolute Gasteiger partial charge is 0.335 e. The lowest BCUT2D eigenvalue weighted by atomic mass is 9.98. The van der Waals surface area contributed by atoms with E-state index in [1.807, 2.05) is 19.4 Å². The van der Waals surface area contributed by atoms with Crippen molar-refractivity contribution in [1.29, 1.82) is 5.26 Å². The van der Waals surface area contributed by atoms with Gasteiger partial charge in [0.2, 0.25) is 0 Å². The second-order valence-corrected chi connectivity index (χ2v) is 6.02. The van der Waals surface area contributed by atoms with Gasteiger partial charge in [0.15, 0.2) is 0 Å². The lowest BCUT2D eigenvalue weighted by Gasteiger charge is -2.28. The van der Waals surface area contributed by atoms with Crippen molar-refractivity contribution in [1.82, 2.24) is 14.5 Å². The summed E-state index contributed by atoms with van der Waals surface area (Å²) in [5, 5.41) is 8.93. The molecule has 0 spiro atoms. The van der Waals surface area contributed by atoms with Crippen LogP contribution < -0.4 is 0 Å². The van der Waals surface area contributed by atoms with E-state index in [-0.39, 0.29) is 5.82 Å². The number of nitriles is 1. The molecule has 0 amide bonds. The SMILES string of the molecule is CN(Cc1cc(C#N)ccc1F)CC1CCc2nccn2C1. The number of hydrogen-bond acceptors (Lipinski definition) is 3. The second-order valence-electron chi connectivity index (χ2n) is 6.02. The molecule has 0 N–H and O–H groups in total. The molecule has 0 bridgehead atoms. The normalized spacial score (nSPS) is 17.3. The van der Waals surface area contributed by atoms with Crippen molar-refractivity contribution in [2.24, 2.45) is 5.92 Å². The van der Waals surface area contributed by atoms with Crippen LogP contribution in [0.25, 0.3) is 0 Å². The number of benzene rings is 1. The number of aromatic nitrogens is 2. The Hall–Kier alpha value is -2.19. The van der Waals surface area contributed by atoms with E-state index in [2.05, 4.69) is 20.5 Å². The highest BCUT2D eigenvalue weighted by atomic mass is 19.1. The van der Waals surface area contributed by atoms with Crippen molar-refractivity contribution in [3.05, 3.63) is 53.4 Å². The fraction of sp³-hybridized carbons (Fsp3) is 0.412. The third kappa shape index (κ3) is 3.18. The van der Waals surface area contributed by atoms with Crippen molar-refractivity contribution in [2.75, 3.05) is 13.6 Å². The first kappa shape index (κ1) is 14.7. The quantitative estimate of drug-likeness (QED) is 0.871. The number of nitrogens with zero attached hydrogens (tertiary/aromatic N) is 4. The minimum atomic E-state index is -0.244. The standard InChI is InChI=1S/C17H19FN4/c1-21(12-15-8-13(9-19)2-4-16(15)18)10-14-3-5-17-20-6-7-22(17)11-14/h2,4,6-8,14H,3,5,10-12H2,1H3. The van der Waals surface area contributed by atoms with Crippen LogP contribution in [0.3, 0.4) is 0 Å². The van der Waals surface area contributed by atoms with E-state index in [9.17, 15) is 4.39 Å². The molecule has 1 aromatic heterocycles. The van der Waals surface area contributed by atoms with Gasteiger partial charge in [-0.15, -0.1) is 0 Å². The van der Waals surface area contributed by atoms with E-state index in [1.54, 1.807) is 6.07 Å². The van der Waals surface area contributed by atoms with Crippen LogP contribution in [0.4, 0.5) is 4.39 Å². The second kappa shape index (κ2) is 6.29. The van der Waals surface area contributed by atoms with Crippen LogP contribution in [-0.4, -0.2) is 28.0 Å². The molecule has 3 rings (SSSR count). The van der Waals surface area contributed by atoms with Crippen molar-refractivity contribution >= 4 is 0 Å². The van der Waals surface area contributed by atoms with Gasteiger partial charge in [-0.2, -0.15) is 5.26 Å². The van der Waals surface area contributed by atoms with Crippen LogP contribution >= 0.6 is 0 Å². The van der Waals surface area contributed by atoms with Crippen LogP contribution in [0.1, 0.15) is 23.4 Å². The summed E-state index contributed by atoms with van der Waals surface area (Å²) in [5.41, 5.74) is 1.09. The molecule has 1 unspecified atom stereocenters. The molecule has 0 fully saturated rings. The summed E-state index contributed by atoms with van der Waals surface area (Å²) in [7, 11) is 2.00. The first-order valence-corrected chi connectivity index (χ1v) is 7.53. The smallest absolute Gasteiger partial charge is 0.127 e. The van der Waals surface area contributed by atoms with Crippen LogP contribution in [0, 0.1) is 23.1 Å². The van der Waals surface area contributed by atoms with Gasteiger partial charge in [0.1, 0.15) is 11.6 Å². The summed E-state index contributed by atoms with van der Waals surface area (Å²) >= 11 is 0. The van der Waals surface area contributed by atoms with E-state index in [0.29, 0.717) is 23.6 Å². The number of imidazole rings is 1. The van der Waals surface area contributed by atoms with Gasteiger partial charge < -0.3 is 9.47 Å². The third-order valence-corrected chi connectivity index (χ3v) is 4.22. The molecule has 0 saturated carbocycles. The van der Waals surface area contributed by atoms with E-state index < -0.39 is 0 Å². The van der Waals surface area contributed by atoms with E-state index in [0.717, 1.165) is 31.8 Å². The summed E-state index contributed by atoms with van der Waals surface area (Å²) in [5.74, 6) is 1.46. The van der Waals surface area contributed by atoms with E-state index in [4.69, 9.17) is 5.26 Å². The first-order valence-electron chi connectivity index (χ1n) is 7.53. The highest BCUT2D eigenvalue weighted by Crippen LogP contribution is 2.20. The highest BCUT2D eigenvalue weighted by Gasteiger charge is 2.20. The fourth-order valence-electron chi connectivity index (χ4n) is 3.15. The molecule has 0 radical (unpaired) electrons. The minimum absolute atomic E-state index is 0.244. The molecule has 1 aliphatic rings. The predicted octanol–water partition coefficient (Wildman–Crippen LogP) is 2.59. The average molecular weight is 298 g/mol. The molecular formula is C17H19FN4. The zero-order chi connectivity index (χ0) is 15.5. The summed E-state index contributed by atoms with van der Waals surface area (Å²) in [4.78, 5) is 6.47. The summed E-state index contributed by atoms with van der Waals surface area (Å²) < 4.78 is 16.1. The Morgan fingerprint density at radius 1 is 1.50 bits per heavy atom. The first-order chi connectivity index (χ1) is 10.7. The van der Waals surface area contributed by atoms with Crippen LogP contribution in [0.5, 0.6) is 0 Å². The van der Waals surface area contributed by atoms with Gasteiger partial charge in [-0.25, -0.2) is 9.37 Å². The molecule has 0 aliphatic carbocycles. The van der Waals surface area contributed by atoms with Gasteiger partial charge >= 0.3 is 0 Å². The van der Waals surface area contributed by atoms with Gasteiger partial charge in [-0.05, 0) is 37.6 Å². The Labute approximate surface area is 129 Å². The molecule has 22 heavy (non-hydrogen) atoms. The summed E-state index contributed by atoms with van der Waals surface area (Å²) in [6.45, 7) is 2.41. The Morgan fingerprint density at radius 2 is 2.36 bits per heavy atom. The topological polar surface area (TPSA) is 44.9 Å². The Kier molecular flexibility index (Phi) is 4.21. The van der Waals surface area contributed by atoms with Gasteiger partial charge in [-0.1, -0.05) is 0 Å². The Bertz CT molecular complexity index is 701. The molecule has 2 heterocycles. The molecule has 114 valence electrons. The minimum Gasteiger partial charge on any atom is -0.335 e. The Balaban J connectivity index is 1.61. The monoisotopic (exact) mass is 298 g/mol. The fourth-order valence-corrected chi connectivity index (χ4v) is 3.15. The van der Waals surface area contributed by atoms with Crippen LogP contribution in [0.2, 0.25) is 0 Å². The summed E-state index contributed by atoms with van der Waals surface area (Å²) in [6.07, 6.45) is 5.99. The molecular weight excluding hydrogens is 279 g/mol. The van der Waals surface area contributed by atoms with Gasteiger partial charge in [0.25, 0.3) is 0 Å². The number of rotatable bonds is 4. The van der Waals surface area contributed by atoms with Crippen molar-refractivity contribution in [2.45, 2.75) is 25.9 Å². The highest BCUT2D eigenvalue weighted by molar-refractivity contribution is 5.33. The maximum Gasteiger partial charge on any atom is 0.127 e. The van der Waals surface area contributed by atoms with Gasteiger partial charge in [0.05, 0.1) is 11.6 Å². The lowest BCUT2D eigenvalue weighted by Crippen LogP contribution is -2.31. The zero-order valence-corrected chi connectivity index (χ0v) is 12.7. The van der Waals surface area contributed by atoms with Crippen molar-refractivity contribution < 1.29 is 4.39 Å². The van der Waals surface area contributed by atoms with Crippen molar-refractivity contribution in [3.8, 4) is 6.07 Å². The maximum atomic E-state index is 13.9. The molecule has 0 saturated heterocycles. The number of fused-ring (bicyclic) bond motifs is 1. The molecule has 1 atom stereocenters. The third-order valence-electron chi connectivity index (χ3n) is 4.22. The Morgan fingerprint density at radius 3 is 3.18 bits per heavy atom. The molecule has 1 aromatic carbocycles. The molecule has 4 nitrogen and oxygen atoms in total. The summed E-state index contributed by atoms with van der Waals surface area (Å²) in [6, 6.07) is 6.59. The predicted molar refractivity (Wildman–Crippen MR) is 81.5 cm³/mol. The average Bonchev–Trinajstić information content (AvgIpc) is 2.97. The molecule has 5 heteroatoms. The lowest BCUT2D eigenvalue weighted by molar-refractivity contribution is 0.227. The number of hydrogen-bond donors (Lipinski definition) is 0. The van der Waals surface area contributed by atoms with Gasteiger partial charge in [-0.3, -0.25) is 0 Å². The van der Waals surface area contributed by atoms with Crippen LogP contribution in [0.15, 0.2) is 30.6 Å². The molecule has 1 aliphatic heterocycles.